The molecule has 0 radical (unpaired) electrons. The maximum Gasteiger partial charge on any atom is 0.358 e. The molecule has 2 rings (SSSR count). The molecule has 2 aromatic heterocycles. The Morgan fingerprint density at radius 3 is 2.57 bits per heavy atom. The van der Waals surface area contributed by atoms with Gasteiger partial charge in [-0.3, -0.25) is 4.79 Å². The third-order valence-electron chi connectivity index (χ3n) is 2.48. The number of esters is 1. The van der Waals surface area contributed by atoms with Gasteiger partial charge in [0.1, 0.15) is 15.6 Å². The van der Waals surface area contributed by atoms with Gasteiger partial charge in [-0.2, -0.15) is 0 Å². The minimum Gasteiger partial charge on any atom is -0.480 e. The Labute approximate surface area is 124 Å². The molecule has 0 aliphatic rings. The van der Waals surface area contributed by atoms with Crippen LogP contribution in [0.5, 0.6) is 5.88 Å². The second-order valence-corrected chi connectivity index (χ2v) is 4.93. The zero-order valence-electron chi connectivity index (χ0n) is 11.7. The van der Waals surface area contributed by atoms with E-state index >= 15 is 0 Å². The van der Waals surface area contributed by atoms with Gasteiger partial charge in [-0.1, -0.05) is 0 Å². The van der Waals surface area contributed by atoms with Gasteiger partial charge in [0.15, 0.2) is 11.5 Å². The van der Waals surface area contributed by atoms with Crippen LogP contribution in [0.3, 0.4) is 0 Å². The summed E-state index contributed by atoms with van der Waals surface area (Å²) in [6, 6.07) is 3.28. The highest BCUT2D eigenvalue weighted by molar-refractivity contribution is 7.17. The van der Waals surface area contributed by atoms with Crippen molar-refractivity contribution >= 4 is 23.1 Å². The first-order valence-electron chi connectivity index (χ1n) is 6.13. The number of nitrogens with zero attached hydrogens (tertiary/aromatic N) is 3. The molecule has 0 saturated carbocycles. The summed E-state index contributed by atoms with van der Waals surface area (Å²) in [6.07, 6.45) is 0. The van der Waals surface area contributed by atoms with Crippen molar-refractivity contribution in [2.45, 2.75) is 13.8 Å². The first kappa shape index (κ1) is 15.0. The van der Waals surface area contributed by atoms with Crippen LogP contribution in [0.4, 0.5) is 0 Å². The van der Waals surface area contributed by atoms with E-state index in [2.05, 4.69) is 15.2 Å². The molecular weight excluding hydrogens is 294 g/mol. The number of methoxy groups -OCH3 is 1. The predicted molar refractivity (Wildman–Crippen MR) is 75.7 cm³/mol. The maximum atomic E-state index is 11.8. The summed E-state index contributed by atoms with van der Waals surface area (Å²) < 4.78 is 9.82. The highest BCUT2D eigenvalue weighted by atomic mass is 32.1. The predicted octanol–water partition coefficient (Wildman–Crippen LogP) is 1.99. The van der Waals surface area contributed by atoms with E-state index in [0.717, 1.165) is 11.3 Å². The maximum absolute atomic E-state index is 11.8. The van der Waals surface area contributed by atoms with Gasteiger partial charge < -0.3 is 9.47 Å². The van der Waals surface area contributed by atoms with Gasteiger partial charge in [-0.15, -0.1) is 21.5 Å². The van der Waals surface area contributed by atoms with Gasteiger partial charge in [0.05, 0.1) is 13.7 Å². The molecule has 7 nitrogen and oxygen atoms in total. The molecule has 0 atom stereocenters. The average molecular weight is 307 g/mol. The van der Waals surface area contributed by atoms with Crippen molar-refractivity contribution in [2.75, 3.05) is 13.7 Å². The van der Waals surface area contributed by atoms with Crippen molar-refractivity contribution in [3.63, 3.8) is 0 Å². The van der Waals surface area contributed by atoms with Crippen molar-refractivity contribution in [3.05, 3.63) is 22.7 Å². The number of carbonyl (C=O) groups excluding carboxylic acids is 2. The molecule has 0 aliphatic carbocycles. The van der Waals surface area contributed by atoms with Crippen molar-refractivity contribution in [3.8, 4) is 16.6 Å². The largest absolute Gasteiger partial charge is 0.480 e. The fourth-order valence-corrected chi connectivity index (χ4v) is 2.46. The third-order valence-corrected chi connectivity index (χ3v) is 3.66. The quantitative estimate of drug-likeness (QED) is 0.616. The molecule has 2 heterocycles. The normalized spacial score (nSPS) is 10.2. The van der Waals surface area contributed by atoms with E-state index < -0.39 is 5.97 Å². The summed E-state index contributed by atoms with van der Waals surface area (Å²) in [5, 5.41) is 8.21. The van der Waals surface area contributed by atoms with E-state index in [-0.39, 0.29) is 23.0 Å². The molecule has 0 aromatic carbocycles. The van der Waals surface area contributed by atoms with Crippen molar-refractivity contribution in [1.82, 2.24) is 15.2 Å². The number of rotatable bonds is 5. The summed E-state index contributed by atoms with van der Waals surface area (Å²) in [4.78, 5) is 27.9. The molecule has 0 bridgehead atoms. The van der Waals surface area contributed by atoms with E-state index in [9.17, 15) is 9.59 Å². The van der Waals surface area contributed by atoms with Gasteiger partial charge in [0.2, 0.25) is 5.88 Å². The SMILES string of the molecule is CCOC(=O)c1nc(-c2ccc(OC)nn2)sc1C(C)=O. The lowest BCUT2D eigenvalue weighted by Crippen LogP contribution is -2.09. The summed E-state index contributed by atoms with van der Waals surface area (Å²) in [5.41, 5.74) is 0.473. The molecule has 0 unspecified atom stereocenters. The minimum absolute atomic E-state index is 0.0157. The van der Waals surface area contributed by atoms with E-state index in [1.54, 1.807) is 19.1 Å². The molecular formula is C13H13N3O4S. The van der Waals surface area contributed by atoms with Crippen LogP contribution in [-0.2, 0) is 4.74 Å². The molecule has 0 N–H and O–H groups in total. The van der Waals surface area contributed by atoms with Crippen LogP contribution < -0.4 is 4.74 Å². The Morgan fingerprint density at radius 2 is 2.05 bits per heavy atom. The first-order chi connectivity index (χ1) is 10.1. The number of thiazole rings is 1. The minimum atomic E-state index is -0.619. The molecule has 0 saturated heterocycles. The van der Waals surface area contributed by atoms with Crippen molar-refractivity contribution in [2.24, 2.45) is 0 Å². The zero-order valence-corrected chi connectivity index (χ0v) is 12.6. The molecule has 0 spiro atoms. The number of hydrogen-bond donors (Lipinski definition) is 0. The van der Waals surface area contributed by atoms with E-state index in [1.165, 1.54) is 14.0 Å². The molecule has 2 aromatic rings. The van der Waals surface area contributed by atoms with Crippen LogP contribution in [0.1, 0.15) is 34.0 Å². The summed E-state index contributed by atoms with van der Waals surface area (Å²) in [7, 11) is 1.49. The Balaban J connectivity index is 2.42. The fourth-order valence-electron chi connectivity index (χ4n) is 1.55. The Morgan fingerprint density at radius 1 is 1.29 bits per heavy atom. The van der Waals surface area contributed by atoms with Gasteiger partial charge >= 0.3 is 5.97 Å². The van der Waals surface area contributed by atoms with Crippen LogP contribution in [0.25, 0.3) is 10.7 Å². The first-order valence-corrected chi connectivity index (χ1v) is 6.95. The second kappa shape index (κ2) is 6.40. The highest BCUT2D eigenvalue weighted by Gasteiger charge is 2.23. The summed E-state index contributed by atoms with van der Waals surface area (Å²) in [6.45, 7) is 3.28. The molecule has 21 heavy (non-hydrogen) atoms. The van der Waals surface area contributed by atoms with Crippen LogP contribution in [0, 0.1) is 0 Å². The zero-order chi connectivity index (χ0) is 15.4. The topological polar surface area (TPSA) is 91.3 Å². The number of ketones is 1. The van der Waals surface area contributed by atoms with Gasteiger partial charge in [-0.25, -0.2) is 9.78 Å². The van der Waals surface area contributed by atoms with Crippen molar-refractivity contribution in [1.29, 1.82) is 0 Å². The molecule has 0 aliphatic heterocycles. The van der Waals surface area contributed by atoms with E-state index in [4.69, 9.17) is 9.47 Å². The summed E-state index contributed by atoms with van der Waals surface area (Å²) in [5.74, 6) is -0.498. The number of Topliss-reactive ketones (excluding diaryl/α,β-unsaturated/α-hetero) is 1. The van der Waals surface area contributed by atoms with E-state index in [0.29, 0.717) is 16.6 Å². The molecule has 8 heteroatoms. The second-order valence-electron chi connectivity index (χ2n) is 3.93. The van der Waals surface area contributed by atoms with Crippen LogP contribution in [-0.4, -0.2) is 40.7 Å². The van der Waals surface area contributed by atoms with Crippen LogP contribution in [0.15, 0.2) is 12.1 Å². The summed E-state index contributed by atoms with van der Waals surface area (Å²) >= 11 is 1.08. The lowest BCUT2D eigenvalue weighted by molar-refractivity contribution is 0.0517. The Bertz CT molecular complexity index is 667. The smallest absolute Gasteiger partial charge is 0.358 e. The standard InChI is InChI=1S/C13H13N3O4S/c1-4-20-13(18)10-11(7(2)17)21-12(14-10)8-5-6-9(19-3)16-15-8/h5-6H,4H2,1-3H3. The van der Waals surface area contributed by atoms with Crippen LogP contribution >= 0.6 is 11.3 Å². The fraction of sp³-hybridized carbons (Fsp3) is 0.308. The number of hydrogen-bond acceptors (Lipinski definition) is 8. The van der Waals surface area contributed by atoms with Gasteiger partial charge in [-0.05, 0) is 13.0 Å². The Hall–Kier alpha value is -2.35. The average Bonchev–Trinajstić information content (AvgIpc) is 2.93. The van der Waals surface area contributed by atoms with Crippen LogP contribution in [0.2, 0.25) is 0 Å². The lowest BCUT2D eigenvalue weighted by Gasteiger charge is -1.99. The Kier molecular flexibility index (Phi) is 4.59. The third kappa shape index (κ3) is 3.22. The number of aromatic nitrogens is 3. The van der Waals surface area contributed by atoms with Gasteiger partial charge in [0.25, 0.3) is 0 Å². The lowest BCUT2D eigenvalue weighted by atomic mass is 10.3. The van der Waals surface area contributed by atoms with Gasteiger partial charge in [0, 0.05) is 13.0 Å². The molecule has 0 amide bonds. The number of ether oxygens (including phenoxy) is 2. The van der Waals surface area contributed by atoms with Crippen molar-refractivity contribution < 1.29 is 19.1 Å². The molecule has 0 fully saturated rings. The molecule has 110 valence electrons. The van der Waals surface area contributed by atoms with E-state index in [1.807, 2.05) is 0 Å². The highest BCUT2D eigenvalue weighted by Crippen LogP contribution is 2.28. The number of carbonyl (C=O) groups is 2. The monoisotopic (exact) mass is 307 g/mol.